The molecule has 0 radical (unpaired) electrons. The fraction of sp³-hybridized carbons (Fsp3) is 0.500. The van der Waals surface area contributed by atoms with Crippen molar-refractivity contribution in [2.45, 2.75) is 37.5 Å². The SMILES string of the molecule is O=C(N[C@H]1C[C@H]2CO[C@H](C3CC3)CN2C1)c1ccc2cccc(F)c2n1. The van der Waals surface area contributed by atoms with Crippen LogP contribution in [0.3, 0.4) is 0 Å². The van der Waals surface area contributed by atoms with E-state index in [9.17, 15) is 9.18 Å². The predicted octanol–water partition coefficient (Wildman–Crippen LogP) is 2.36. The van der Waals surface area contributed by atoms with E-state index < -0.39 is 5.82 Å². The largest absolute Gasteiger partial charge is 0.375 e. The number of aromatic nitrogens is 1. The molecule has 0 spiro atoms. The third kappa shape index (κ3) is 2.97. The van der Waals surface area contributed by atoms with E-state index in [0.29, 0.717) is 17.5 Å². The first kappa shape index (κ1) is 16.1. The molecular weight excluding hydrogens is 333 g/mol. The van der Waals surface area contributed by atoms with Crippen LogP contribution in [-0.4, -0.2) is 53.7 Å². The Morgan fingerprint density at radius 3 is 2.96 bits per heavy atom. The van der Waals surface area contributed by atoms with Crippen LogP contribution in [0.25, 0.3) is 10.9 Å². The third-order valence-corrected chi connectivity index (χ3v) is 5.83. The van der Waals surface area contributed by atoms with E-state index in [2.05, 4.69) is 15.2 Å². The van der Waals surface area contributed by atoms with Gasteiger partial charge in [-0.25, -0.2) is 9.37 Å². The van der Waals surface area contributed by atoms with Gasteiger partial charge in [0.05, 0.1) is 12.7 Å². The number of carbonyl (C=O) groups excluding carboxylic acids is 1. The molecule has 1 amide bonds. The van der Waals surface area contributed by atoms with E-state index in [4.69, 9.17) is 4.74 Å². The number of hydrogen-bond acceptors (Lipinski definition) is 4. The second-order valence-electron chi connectivity index (χ2n) is 7.73. The molecule has 3 fully saturated rings. The summed E-state index contributed by atoms with van der Waals surface area (Å²) < 4.78 is 19.9. The van der Waals surface area contributed by atoms with Gasteiger partial charge in [0, 0.05) is 30.6 Å². The summed E-state index contributed by atoms with van der Waals surface area (Å²) >= 11 is 0. The summed E-state index contributed by atoms with van der Waals surface area (Å²) in [6.45, 7) is 2.58. The highest BCUT2D eigenvalue weighted by Crippen LogP contribution is 2.37. The molecule has 5 nitrogen and oxygen atoms in total. The van der Waals surface area contributed by atoms with Crippen LogP contribution in [0.5, 0.6) is 0 Å². The predicted molar refractivity (Wildman–Crippen MR) is 95.4 cm³/mol. The Morgan fingerprint density at radius 1 is 1.23 bits per heavy atom. The zero-order chi connectivity index (χ0) is 17.7. The quantitative estimate of drug-likeness (QED) is 0.918. The number of rotatable bonds is 3. The number of fused-ring (bicyclic) bond motifs is 2. The van der Waals surface area contributed by atoms with Gasteiger partial charge in [-0.3, -0.25) is 9.69 Å². The first-order chi connectivity index (χ1) is 12.7. The first-order valence-corrected chi connectivity index (χ1v) is 9.39. The van der Waals surface area contributed by atoms with Crippen LogP contribution in [0.1, 0.15) is 29.8 Å². The van der Waals surface area contributed by atoms with Crippen molar-refractivity contribution in [3.8, 4) is 0 Å². The Morgan fingerprint density at radius 2 is 2.12 bits per heavy atom. The number of benzene rings is 1. The minimum Gasteiger partial charge on any atom is -0.375 e. The Hall–Kier alpha value is -2.05. The molecule has 1 N–H and O–H groups in total. The van der Waals surface area contributed by atoms with Crippen LogP contribution in [0, 0.1) is 11.7 Å². The van der Waals surface area contributed by atoms with Crippen molar-refractivity contribution in [3.05, 3.63) is 41.8 Å². The fourth-order valence-electron chi connectivity index (χ4n) is 4.25. The van der Waals surface area contributed by atoms with E-state index >= 15 is 0 Å². The number of nitrogens with zero attached hydrogens (tertiary/aromatic N) is 2. The van der Waals surface area contributed by atoms with Crippen LogP contribution in [0.2, 0.25) is 0 Å². The van der Waals surface area contributed by atoms with Crippen molar-refractivity contribution in [2.75, 3.05) is 19.7 Å². The highest BCUT2D eigenvalue weighted by Gasteiger charge is 2.42. The molecule has 0 unspecified atom stereocenters. The lowest BCUT2D eigenvalue weighted by molar-refractivity contribution is -0.0581. The number of hydrogen-bond donors (Lipinski definition) is 1. The number of carbonyl (C=O) groups is 1. The highest BCUT2D eigenvalue weighted by atomic mass is 19.1. The van der Waals surface area contributed by atoms with E-state index in [-0.39, 0.29) is 23.2 Å². The molecular formula is C20H22FN3O2. The topological polar surface area (TPSA) is 54.5 Å². The number of halogens is 1. The van der Waals surface area contributed by atoms with Crippen molar-refractivity contribution in [1.29, 1.82) is 0 Å². The number of ether oxygens (including phenoxy) is 1. The van der Waals surface area contributed by atoms with Crippen LogP contribution in [-0.2, 0) is 4.74 Å². The summed E-state index contributed by atoms with van der Waals surface area (Å²) in [4.78, 5) is 19.3. The molecule has 136 valence electrons. The van der Waals surface area contributed by atoms with Crippen molar-refractivity contribution < 1.29 is 13.9 Å². The average molecular weight is 355 g/mol. The van der Waals surface area contributed by atoms with Gasteiger partial charge in [0.15, 0.2) is 0 Å². The monoisotopic (exact) mass is 355 g/mol. The second-order valence-corrected chi connectivity index (χ2v) is 7.73. The Balaban J connectivity index is 1.26. The molecule has 26 heavy (non-hydrogen) atoms. The lowest BCUT2D eigenvalue weighted by Crippen LogP contribution is -2.47. The number of amides is 1. The minimum atomic E-state index is -0.404. The number of pyridine rings is 1. The highest BCUT2D eigenvalue weighted by molar-refractivity contribution is 5.95. The Kier molecular flexibility index (Phi) is 3.90. The molecule has 2 aliphatic heterocycles. The zero-order valence-corrected chi connectivity index (χ0v) is 14.5. The molecule has 5 rings (SSSR count). The lowest BCUT2D eigenvalue weighted by atomic mass is 10.1. The molecule has 1 saturated carbocycles. The molecule has 0 bridgehead atoms. The zero-order valence-electron chi connectivity index (χ0n) is 14.5. The third-order valence-electron chi connectivity index (χ3n) is 5.83. The summed E-state index contributed by atoms with van der Waals surface area (Å²) in [7, 11) is 0. The molecule has 1 aromatic carbocycles. The van der Waals surface area contributed by atoms with Crippen molar-refractivity contribution in [2.24, 2.45) is 5.92 Å². The standard InChI is InChI=1S/C20H22FN3O2/c21-16-3-1-2-13-6-7-17(23-19(13)16)20(25)22-14-8-15-11-26-18(12-4-5-12)10-24(15)9-14/h1-3,6-7,12,14-15,18H,4-5,8-11H2,(H,22,25)/t14-,15-,18-/m0/s1. The van der Waals surface area contributed by atoms with E-state index in [1.54, 1.807) is 24.3 Å². The molecule has 3 heterocycles. The second kappa shape index (κ2) is 6.28. The van der Waals surface area contributed by atoms with Crippen LogP contribution < -0.4 is 5.32 Å². The normalized spacial score (nSPS) is 28.9. The molecule has 1 aromatic heterocycles. The molecule has 2 aromatic rings. The van der Waals surface area contributed by atoms with E-state index in [1.807, 2.05) is 0 Å². The van der Waals surface area contributed by atoms with Gasteiger partial charge in [-0.15, -0.1) is 0 Å². The van der Waals surface area contributed by atoms with Gasteiger partial charge in [0.2, 0.25) is 0 Å². The summed E-state index contributed by atoms with van der Waals surface area (Å²) in [5.74, 6) is 0.0966. The van der Waals surface area contributed by atoms with Gasteiger partial charge in [-0.1, -0.05) is 18.2 Å². The van der Waals surface area contributed by atoms with Gasteiger partial charge in [-0.2, -0.15) is 0 Å². The van der Waals surface area contributed by atoms with E-state index in [0.717, 1.165) is 32.0 Å². The smallest absolute Gasteiger partial charge is 0.270 e. The molecule has 3 aliphatic rings. The van der Waals surface area contributed by atoms with Crippen molar-refractivity contribution in [1.82, 2.24) is 15.2 Å². The summed E-state index contributed by atoms with van der Waals surface area (Å²) in [6.07, 6.45) is 3.83. The summed E-state index contributed by atoms with van der Waals surface area (Å²) in [6, 6.07) is 8.67. The van der Waals surface area contributed by atoms with Crippen LogP contribution in [0.4, 0.5) is 4.39 Å². The molecule has 1 aliphatic carbocycles. The summed E-state index contributed by atoms with van der Waals surface area (Å²) in [5, 5.41) is 3.77. The molecule has 2 saturated heterocycles. The number of nitrogens with one attached hydrogen (secondary N) is 1. The first-order valence-electron chi connectivity index (χ1n) is 9.39. The average Bonchev–Trinajstić information content (AvgIpc) is 3.42. The Labute approximate surface area is 151 Å². The summed E-state index contributed by atoms with van der Waals surface area (Å²) in [5.41, 5.74) is 0.504. The van der Waals surface area contributed by atoms with Crippen LogP contribution in [0.15, 0.2) is 30.3 Å². The molecule has 3 atom stereocenters. The van der Waals surface area contributed by atoms with Gasteiger partial charge < -0.3 is 10.1 Å². The maximum absolute atomic E-state index is 13.9. The van der Waals surface area contributed by atoms with Crippen molar-refractivity contribution >= 4 is 16.8 Å². The lowest BCUT2D eigenvalue weighted by Gasteiger charge is -2.35. The number of morpholine rings is 1. The molecule has 6 heteroatoms. The van der Waals surface area contributed by atoms with Gasteiger partial charge in [0.1, 0.15) is 17.0 Å². The van der Waals surface area contributed by atoms with Gasteiger partial charge in [0.25, 0.3) is 5.91 Å². The number of para-hydroxylation sites is 1. The van der Waals surface area contributed by atoms with Crippen LogP contribution >= 0.6 is 0 Å². The van der Waals surface area contributed by atoms with Crippen molar-refractivity contribution in [3.63, 3.8) is 0 Å². The fourth-order valence-corrected chi connectivity index (χ4v) is 4.25. The maximum atomic E-state index is 13.9. The van der Waals surface area contributed by atoms with E-state index in [1.165, 1.54) is 18.9 Å². The maximum Gasteiger partial charge on any atom is 0.270 e. The van der Waals surface area contributed by atoms with Gasteiger partial charge in [-0.05, 0) is 37.3 Å². The minimum absolute atomic E-state index is 0.0900. The Bertz CT molecular complexity index is 854. The van der Waals surface area contributed by atoms with Gasteiger partial charge >= 0.3 is 0 Å².